The maximum absolute atomic E-state index is 4.15. The summed E-state index contributed by atoms with van der Waals surface area (Å²) in [5.74, 6) is 0. The summed E-state index contributed by atoms with van der Waals surface area (Å²) in [5, 5.41) is 0. The first kappa shape index (κ1) is 10.5. The molecule has 0 aliphatic carbocycles. The van der Waals surface area contributed by atoms with Crippen molar-refractivity contribution in [3.63, 3.8) is 0 Å². The van der Waals surface area contributed by atoms with E-state index in [1.165, 1.54) is 0 Å². The molecule has 0 aliphatic heterocycles. The topological polar surface area (TPSA) is 12.9 Å². The third-order valence-corrected chi connectivity index (χ3v) is 1.42. The number of allylic oxidation sites excluding steroid dienone is 2. The molecule has 0 aliphatic rings. The largest absolute Gasteiger partial charge is 0.351 e. The Morgan fingerprint density at radius 1 is 1.45 bits per heavy atom. The fraction of sp³-hybridized carbons (Fsp3) is 0.222. The van der Waals surface area contributed by atoms with E-state index in [9.17, 15) is 0 Å². The maximum atomic E-state index is 4.15. The molecular formula is C9H10IrN-. The van der Waals surface area contributed by atoms with Crippen molar-refractivity contribution in [2.45, 2.75) is 13.8 Å². The van der Waals surface area contributed by atoms with Gasteiger partial charge in [-0.25, -0.2) is 5.57 Å². The van der Waals surface area contributed by atoms with Gasteiger partial charge in [0.1, 0.15) is 0 Å². The van der Waals surface area contributed by atoms with Crippen molar-refractivity contribution in [2.24, 2.45) is 0 Å². The third kappa shape index (κ3) is 2.96. The summed E-state index contributed by atoms with van der Waals surface area (Å²) >= 11 is 0. The van der Waals surface area contributed by atoms with Gasteiger partial charge in [0.2, 0.25) is 0 Å². The maximum Gasteiger partial charge on any atom is 0.00535 e. The summed E-state index contributed by atoms with van der Waals surface area (Å²) in [6, 6.07) is 5.86. The van der Waals surface area contributed by atoms with Gasteiger partial charge in [-0.3, -0.25) is 6.08 Å². The predicted molar refractivity (Wildman–Crippen MR) is 42.2 cm³/mol. The van der Waals surface area contributed by atoms with E-state index >= 15 is 0 Å². The number of hydrogen-bond acceptors (Lipinski definition) is 1. The average Bonchev–Trinajstić information content (AvgIpc) is 2.05. The molecule has 0 bridgehead atoms. The molecule has 1 aromatic rings. The zero-order chi connectivity index (χ0) is 7.40. The molecule has 11 heavy (non-hydrogen) atoms. The Hall–Kier alpha value is -0.461. The molecule has 2 heteroatoms. The van der Waals surface area contributed by atoms with Crippen LogP contribution in [0.4, 0.5) is 0 Å². The van der Waals surface area contributed by atoms with Gasteiger partial charge in [0.05, 0.1) is 0 Å². The first-order chi connectivity index (χ1) is 4.84. The van der Waals surface area contributed by atoms with E-state index in [0.29, 0.717) is 0 Å². The number of rotatable bonds is 1. The molecule has 0 atom stereocenters. The third-order valence-electron chi connectivity index (χ3n) is 1.42. The average molecular weight is 324 g/mol. The van der Waals surface area contributed by atoms with Crippen LogP contribution in [0.15, 0.2) is 24.4 Å². The molecule has 0 unspecified atom stereocenters. The first-order valence-electron chi connectivity index (χ1n) is 3.27. The summed E-state index contributed by atoms with van der Waals surface area (Å²) in [7, 11) is 0. The second-order valence-electron chi connectivity index (χ2n) is 2.09. The zero-order valence-electron chi connectivity index (χ0n) is 6.59. The Morgan fingerprint density at radius 3 is 2.64 bits per heavy atom. The van der Waals surface area contributed by atoms with Crippen LogP contribution in [0.2, 0.25) is 0 Å². The van der Waals surface area contributed by atoms with E-state index in [-0.39, 0.29) is 20.1 Å². The minimum absolute atomic E-state index is 0. The minimum atomic E-state index is 0. The van der Waals surface area contributed by atoms with Crippen LogP contribution in [0.25, 0.3) is 5.57 Å². The molecular weight excluding hydrogens is 314 g/mol. The van der Waals surface area contributed by atoms with Gasteiger partial charge in [-0.05, 0) is 6.07 Å². The van der Waals surface area contributed by atoms with Crippen molar-refractivity contribution in [3.8, 4) is 0 Å². The van der Waals surface area contributed by atoms with Gasteiger partial charge in [-0.1, -0.05) is 18.7 Å². The number of pyridine rings is 1. The molecule has 0 N–H and O–H groups in total. The molecule has 1 rings (SSSR count). The van der Waals surface area contributed by atoms with E-state index < -0.39 is 0 Å². The SMILES string of the molecule is C[C-]=C(C)c1ccccn1.[Ir]. The molecule has 0 fully saturated rings. The number of nitrogens with zero attached hydrogens (tertiary/aromatic N) is 1. The molecule has 1 heterocycles. The van der Waals surface area contributed by atoms with Crippen LogP contribution in [0.5, 0.6) is 0 Å². The van der Waals surface area contributed by atoms with Crippen LogP contribution in [0.3, 0.4) is 0 Å². The Kier molecular flexibility index (Phi) is 5.01. The molecule has 61 valence electrons. The van der Waals surface area contributed by atoms with Gasteiger partial charge in [-0.15, -0.1) is 13.0 Å². The van der Waals surface area contributed by atoms with Crippen molar-refractivity contribution in [3.05, 3.63) is 36.2 Å². The van der Waals surface area contributed by atoms with Gasteiger partial charge < -0.3 is 4.98 Å². The fourth-order valence-corrected chi connectivity index (χ4v) is 0.713. The van der Waals surface area contributed by atoms with Crippen molar-refractivity contribution in [1.82, 2.24) is 4.98 Å². The standard InChI is InChI=1S/C9H10N.Ir/c1-3-8(2)9-6-4-5-7-10-9;/h4-7H,1-2H3;/q-1;. The Labute approximate surface area is 80.9 Å². The monoisotopic (exact) mass is 325 g/mol. The van der Waals surface area contributed by atoms with Gasteiger partial charge >= 0.3 is 0 Å². The van der Waals surface area contributed by atoms with Crippen LogP contribution >= 0.6 is 0 Å². The summed E-state index contributed by atoms with van der Waals surface area (Å²) < 4.78 is 0. The molecule has 1 radical (unpaired) electrons. The van der Waals surface area contributed by atoms with Gasteiger partial charge in [0.15, 0.2) is 0 Å². The summed E-state index contributed by atoms with van der Waals surface area (Å²) in [6.45, 7) is 3.90. The van der Waals surface area contributed by atoms with E-state index in [1.807, 2.05) is 32.0 Å². The molecule has 0 aromatic carbocycles. The Morgan fingerprint density at radius 2 is 2.18 bits per heavy atom. The molecule has 0 saturated heterocycles. The minimum Gasteiger partial charge on any atom is -0.351 e. The van der Waals surface area contributed by atoms with E-state index in [4.69, 9.17) is 0 Å². The summed E-state index contributed by atoms with van der Waals surface area (Å²) in [6.07, 6.45) is 4.82. The predicted octanol–water partition coefficient (Wildman–Crippen LogP) is 2.31. The fourth-order valence-electron chi connectivity index (χ4n) is 0.713. The summed E-state index contributed by atoms with van der Waals surface area (Å²) in [5.41, 5.74) is 2.10. The Balaban J connectivity index is 0.000001000. The van der Waals surface area contributed by atoms with E-state index in [2.05, 4.69) is 11.1 Å². The van der Waals surface area contributed by atoms with Crippen molar-refractivity contribution in [2.75, 3.05) is 0 Å². The van der Waals surface area contributed by atoms with Crippen molar-refractivity contribution >= 4 is 5.57 Å². The quantitative estimate of drug-likeness (QED) is 0.723. The van der Waals surface area contributed by atoms with Gasteiger partial charge in [-0.2, -0.15) is 0 Å². The van der Waals surface area contributed by atoms with Crippen LogP contribution in [0, 0.1) is 6.08 Å². The van der Waals surface area contributed by atoms with E-state index in [1.54, 1.807) is 6.20 Å². The normalized spacial score (nSPS) is 10.5. The van der Waals surface area contributed by atoms with Crippen LogP contribution in [0.1, 0.15) is 19.5 Å². The van der Waals surface area contributed by atoms with Crippen molar-refractivity contribution < 1.29 is 20.1 Å². The zero-order valence-corrected chi connectivity index (χ0v) is 8.99. The Bertz CT molecular complexity index is 229. The van der Waals surface area contributed by atoms with Crippen LogP contribution in [-0.2, 0) is 20.1 Å². The molecule has 0 amide bonds. The van der Waals surface area contributed by atoms with Gasteiger partial charge in [0.25, 0.3) is 0 Å². The van der Waals surface area contributed by atoms with Gasteiger partial charge in [0, 0.05) is 26.3 Å². The van der Waals surface area contributed by atoms with Crippen molar-refractivity contribution in [1.29, 1.82) is 0 Å². The smallest absolute Gasteiger partial charge is 0.00535 e. The van der Waals surface area contributed by atoms with Crippen LogP contribution < -0.4 is 0 Å². The van der Waals surface area contributed by atoms with Crippen LogP contribution in [-0.4, -0.2) is 4.98 Å². The molecule has 1 aromatic heterocycles. The number of hydrogen-bond donors (Lipinski definition) is 0. The second kappa shape index (κ2) is 5.22. The summed E-state index contributed by atoms with van der Waals surface area (Å²) in [4.78, 5) is 4.15. The van der Waals surface area contributed by atoms with E-state index in [0.717, 1.165) is 11.3 Å². The first-order valence-corrected chi connectivity index (χ1v) is 3.27. The molecule has 1 nitrogen and oxygen atoms in total. The number of aromatic nitrogens is 1. The second-order valence-corrected chi connectivity index (χ2v) is 2.09. The molecule has 0 saturated carbocycles. The molecule has 0 spiro atoms.